The number of nitrogens with one attached hydrogen (secondary N) is 2. The fraction of sp³-hybridized carbons (Fsp3) is 0.0667. The zero-order chi connectivity index (χ0) is 14.1. The molecule has 2 aromatic rings. The van der Waals surface area contributed by atoms with Gasteiger partial charge in [-0.2, -0.15) is 5.26 Å². The second kappa shape index (κ2) is 4.99. The van der Waals surface area contributed by atoms with Crippen LogP contribution in [0.15, 0.2) is 46.9 Å². The van der Waals surface area contributed by atoms with Crippen molar-refractivity contribution in [2.45, 2.75) is 6.04 Å². The third-order valence-corrected chi connectivity index (χ3v) is 3.90. The highest BCUT2D eigenvalue weighted by molar-refractivity contribution is 9.10. The van der Waals surface area contributed by atoms with Gasteiger partial charge in [-0.1, -0.05) is 34.1 Å². The number of hydrogen-bond acceptors (Lipinski definition) is 3. The Kier molecular flexibility index (Phi) is 3.17. The number of carbonyl (C=O) groups excluding carboxylic acids is 1. The van der Waals surface area contributed by atoms with Crippen LogP contribution in [0.3, 0.4) is 0 Å². The average molecular weight is 328 g/mol. The maximum atomic E-state index is 12.1. The zero-order valence-electron chi connectivity index (χ0n) is 10.4. The largest absolute Gasteiger partial charge is 0.369 e. The minimum absolute atomic E-state index is 0.125. The summed E-state index contributed by atoms with van der Waals surface area (Å²) in [5.74, 6) is -0.125. The molecule has 0 saturated carbocycles. The van der Waals surface area contributed by atoms with E-state index in [0.29, 0.717) is 11.3 Å². The number of carbonyl (C=O) groups is 1. The lowest BCUT2D eigenvalue weighted by Gasteiger charge is -2.15. The molecule has 0 radical (unpaired) electrons. The van der Waals surface area contributed by atoms with E-state index in [9.17, 15) is 4.79 Å². The van der Waals surface area contributed by atoms with Crippen LogP contribution in [0.1, 0.15) is 17.2 Å². The van der Waals surface area contributed by atoms with Gasteiger partial charge in [-0.05, 0) is 24.3 Å². The molecule has 1 aliphatic heterocycles. The van der Waals surface area contributed by atoms with E-state index in [1.807, 2.05) is 24.3 Å². The van der Waals surface area contributed by atoms with Gasteiger partial charge in [0.05, 0.1) is 11.3 Å². The molecule has 4 nitrogen and oxygen atoms in total. The van der Waals surface area contributed by atoms with Crippen LogP contribution in [0, 0.1) is 11.3 Å². The normalized spacial score (nSPS) is 16.2. The molecule has 20 heavy (non-hydrogen) atoms. The van der Waals surface area contributed by atoms with Crippen LogP contribution in [-0.4, -0.2) is 5.91 Å². The summed E-state index contributed by atoms with van der Waals surface area (Å²) in [6.45, 7) is 0. The summed E-state index contributed by atoms with van der Waals surface area (Å²) in [7, 11) is 0. The smallest absolute Gasteiger partial charge is 0.251 e. The summed E-state index contributed by atoms with van der Waals surface area (Å²) in [6, 6.07) is 14.4. The Morgan fingerprint density at radius 3 is 2.80 bits per heavy atom. The Balaban J connectivity index is 2.01. The van der Waals surface area contributed by atoms with Crippen LogP contribution in [0.4, 0.5) is 11.4 Å². The lowest BCUT2D eigenvalue weighted by molar-refractivity contribution is -0.116. The van der Waals surface area contributed by atoms with Crippen LogP contribution >= 0.6 is 15.9 Å². The van der Waals surface area contributed by atoms with Crippen molar-refractivity contribution in [2.24, 2.45) is 0 Å². The summed E-state index contributed by atoms with van der Waals surface area (Å²) < 4.78 is 0.861. The number of benzene rings is 2. The molecule has 0 saturated heterocycles. The molecular weight excluding hydrogens is 318 g/mol. The summed E-state index contributed by atoms with van der Waals surface area (Å²) in [5.41, 5.74) is 2.82. The lowest BCUT2D eigenvalue weighted by Crippen LogP contribution is -2.20. The number of fused-ring (bicyclic) bond motifs is 1. The number of nitrogens with zero attached hydrogens (tertiary/aromatic N) is 1. The second-order valence-electron chi connectivity index (χ2n) is 4.43. The Bertz CT molecular complexity index is 736. The molecule has 2 aromatic carbocycles. The van der Waals surface area contributed by atoms with E-state index < -0.39 is 6.04 Å². The lowest BCUT2D eigenvalue weighted by atomic mass is 10.1. The van der Waals surface area contributed by atoms with Gasteiger partial charge in [-0.3, -0.25) is 4.79 Å². The van der Waals surface area contributed by atoms with E-state index in [2.05, 4.69) is 32.6 Å². The Labute approximate surface area is 124 Å². The summed E-state index contributed by atoms with van der Waals surface area (Å²) in [4.78, 5) is 12.1. The van der Waals surface area contributed by atoms with Crippen molar-refractivity contribution >= 4 is 33.2 Å². The summed E-state index contributed by atoms with van der Waals surface area (Å²) >= 11 is 3.47. The predicted molar refractivity (Wildman–Crippen MR) is 80.3 cm³/mol. The fourth-order valence-electron chi connectivity index (χ4n) is 2.28. The molecule has 5 heteroatoms. The number of hydrogen-bond donors (Lipinski definition) is 2. The van der Waals surface area contributed by atoms with Gasteiger partial charge in [-0.25, -0.2) is 0 Å². The van der Waals surface area contributed by atoms with E-state index in [1.54, 1.807) is 18.2 Å². The molecule has 98 valence electrons. The van der Waals surface area contributed by atoms with Crippen molar-refractivity contribution in [2.75, 3.05) is 10.6 Å². The van der Waals surface area contributed by atoms with Gasteiger partial charge in [0.25, 0.3) is 5.91 Å². The topological polar surface area (TPSA) is 64.9 Å². The number of halogens is 1. The first-order valence-electron chi connectivity index (χ1n) is 6.05. The molecule has 1 unspecified atom stereocenters. The van der Waals surface area contributed by atoms with Crippen LogP contribution in [0.25, 0.3) is 0 Å². The van der Waals surface area contributed by atoms with Crippen LogP contribution in [0.2, 0.25) is 0 Å². The molecule has 1 aliphatic rings. The minimum atomic E-state index is -0.505. The van der Waals surface area contributed by atoms with Gasteiger partial charge in [0.15, 0.2) is 0 Å². The van der Waals surface area contributed by atoms with Crippen molar-refractivity contribution < 1.29 is 4.79 Å². The average Bonchev–Trinajstić information content (AvgIpc) is 2.77. The van der Waals surface area contributed by atoms with E-state index >= 15 is 0 Å². The quantitative estimate of drug-likeness (QED) is 0.888. The van der Waals surface area contributed by atoms with Gasteiger partial charge in [0.2, 0.25) is 0 Å². The fourth-order valence-corrected chi connectivity index (χ4v) is 2.87. The molecule has 0 spiro atoms. The highest BCUT2D eigenvalue weighted by Crippen LogP contribution is 2.38. The molecule has 1 heterocycles. The number of amides is 1. The molecule has 0 fully saturated rings. The molecule has 0 aromatic heterocycles. The highest BCUT2D eigenvalue weighted by atomic mass is 79.9. The van der Waals surface area contributed by atoms with Gasteiger partial charge in [0, 0.05) is 15.7 Å². The minimum Gasteiger partial charge on any atom is -0.369 e. The van der Waals surface area contributed by atoms with Gasteiger partial charge < -0.3 is 10.6 Å². The molecule has 0 bridgehead atoms. The number of anilines is 2. The molecule has 0 aliphatic carbocycles. The molecular formula is C15H10BrN3O. The van der Waals surface area contributed by atoms with Crippen molar-refractivity contribution in [3.8, 4) is 6.07 Å². The Morgan fingerprint density at radius 2 is 2.00 bits per heavy atom. The molecule has 2 N–H and O–H groups in total. The number of para-hydroxylation sites is 1. The van der Waals surface area contributed by atoms with Gasteiger partial charge >= 0.3 is 0 Å². The van der Waals surface area contributed by atoms with Gasteiger partial charge in [-0.15, -0.1) is 0 Å². The Hall–Kier alpha value is -2.32. The van der Waals surface area contributed by atoms with Gasteiger partial charge in [0.1, 0.15) is 12.1 Å². The summed E-state index contributed by atoms with van der Waals surface area (Å²) in [6.07, 6.45) is 0. The maximum absolute atomic E-state index is 12.1. The molecule has 1 amide bonds. The van der Waals surface area contributed by atoms with Crippen molar-refractivity contribution in [3.05, 3.63) is 58.1 Å². The molecule has 1 atom stereocenters. The first-order valence-corrected chi connectivity index (χ1v) is 6.85. The van der Waals surface area contributed by atoms with E-state index in [4.69, 9.17) is 5.26 Å². The monoisotopic (exact) mass is 327 g/mol. The van der Waals surface area contributed by atoms with E-state index in [0.717, 1.165) is 15.7 Å². The van der Waals surface area contributed by atoms with E-state index in [-0.39, 0.29) is 5.91 Å². The second-order valence-corrected chi connectivity index (χ2v) is 5.28. The third-order valence-electron chi connectivity index (χ3n) is 3.21. The molecule has 3 rings (SSSR count). The van der Waals surface area contributed by atoms with Crippen LogP contribution in [0.5, 0.6) is 0 Å². The van der Waals surface area contributed by atoms with Crippen molar-refractivity contribution in [1.82, 2.24) is 0 Å². The van der Waals surface area contributed by atoms with Crippen LogP contribution in [-0.2, 0) is 4.79 Å². The predicted octanol–water partition coefficient (Wildman–Crippen LogP) is 3.43. The zero-order valence-corrected chi connectivity index (χ0v) is 11.9. The highest BCUT2D eigenvalue weighted by Gasteiger charge is 2.32. The standard InChI is InChI=1S/C15H10BrN3O/c16-10-5-3-7-12-13(10)14(15(20)19-12)18-11-6-2-1-4-9(11)8-17/h1-7,14,18H,(H,19,20). The van der Waals surface area contributed by atoms with Crippen molar-refractivity contribution in [3.63, 3.8) is 0 Å². The maximum Gasteiger partial charge on any atom is 0.251 e. The summed E-state index contributed by atoms with van der Waals surface area (Å²) in [5, 5.41) is 15.1. The number of nitriles is 1. The van der Waals surface area contributed by atoms with Crippen molar-refractivity contribution in [1.29, 1.82) is 5.26 Å². The Morgan fingerprint density at radius 1 is 1.20 bits per heavy atom. The van der Waals surface area contributed by atoms with E-state index in [1.165, 1.54) is 0 Å². The number of rotatable bonds is 2. The SMILES string of the molecule is N#Cc1ccccc1NC1C(=O)Nc2cccc(Br)c21. The van der Waals surface area contributed by atoms with Crippen LogP contribution < -0.4 is 10.6 Å². The first-order chi connectivity index (χ1) is 9.70. The first kappa shape index (κ1) is 12.7. The third kappa shape index (κ3) is 2.04.